The van der Waals surface area contributed by atoms with Crippen LogP contribution in [0.5, 0.6) is 0 Å². The van der Waals surface area contributed by atoms with Crippen LogP contribution in [0.1, 0.15) is 39.5 Å². The molecule has 1 aliphatic heterocycles. The average Bonchev–Trinajstić information content (AvgIpc) is 2.55. The number of aliphatic hydroxyl groups excluding tert-OH is 1. The van der Waals surface area contributed by atoms with Gasteiger partial charge in [0.1, 0.15) is 0 Å². The molecule has 1 amide bonds. The molecule has 0 aromatic rings. The van der Waals surface area contributed by atoms with Gasteiger partial charge in [-0.15, -0.1) is 0 Å². The molecule has 80 valence electrons. The monoisotopic (exact) mass is 197 g/mol. The number of carbonyl (C=O) groups is 1. The van der Waals surface area contributed by atoms with Gasteiger partial charge < -0.3 is 10.0 Å². The summed E-state index contributed by atoms with van der Waals surface area (Å²) in [5.41, 5.74) is 0.374. The van der Waals surface area contributed by atoms with Gasteiger partial charge in [0.25, 0.3) is 0 Å². The maximum Gasteiger partial charge on any atom is 0.225 e. The van der Waals surface area contributed by atoms with Gasteiger partial charge in [-0.05, 0) is 24.7 Å². The first-order valence-corrected chi connectivity index (χ1v) is 5.45. The minimum atomic E-state index is -0.425. The van der Waals surface area contributed by atoms with Gasteiger partial charge in [-0.3, -0.25) is 4.79 Å². The van der Waals surface area contributed by atoms with Crippen LogP contribution in [-0.2, 0) is 4.79 Å². The first kappa shape index (κ1) is 9.97. The standard InChI is InChI=1S/C11H19NO2/c1-11(2)4-3-8(6-11)12-7-9(13)5-10(12)14/h8-9,13H,3-7H2,1-2H3. The van der Waals surface area contributed by atoms with E-state index >= 15 is 0 Å². The third-order valence-electron chi connectivity index (χ3n) is 3.52. The van der Waals surface area contributed by atoms with Crippen molar-refractivity contribution in [3.63, 3.8) is 0 Å². The average molecular weight is 197 g/mol. The molecule has 0 aromatic heterocycles. The lowest BCUT2D eigenvalue weighted by atomic mass is 9.91. The fourth-order valence-electron chi connectivity index (χ4n) is 2.73. The summed E-state index contributed by atoms with van der Waals surface area (Å²) in [6, 6.07) is 0.384. The molecule has 1 saturated heterocycles. The predicted molar refractivity (Wildman–Crippen MR) is 53.8 cm³/mol. The van der Waals surface area contributed by atoms with E-state index in [0.717, 1.165) is 12.8 Å². The zero-order valence-electron chi connectivity index (χ0n) is 8.99. The summed E-state index contributed by atoms with van der Waals surface area (Å²) < 4.78 is 0. The second kappa shape index (κ2) is 3.23. The van der Waals surface area contributed by atoms with Gasteiger partial charge in [0.05, 0.1) is 12.5 Å². The van der Waals surface area contributed by atoms with Gasteiger partial charge in [0, 0.05) is 12.6 Å². The van der Waals surface area contributed by atoms with E-state index in [1.54, 1.807) is 0 Å². The van der Waals surface area contributed by atoms with Crippen molar-refractivity contribution in [2.24, 2.45) is 5.41 Å². The van der Waals surface area contributed by atoms with Crippen LogP contribution < -0.4 is 0 Å². The number of β-amino-alcohol motifs (C(OH)–C–C–N with tert-alkyl or cyclic N) is 1. The minimum absolute atomic E-state index is 0.139. The Bertz CT molecular complexity index is 250. The molecule has 0 spiro atoms. The summed E-state index contributed by atoms with van der Waals surface area (Å²) in [5, 5.41) is 9.40. The lowest BCUT2D eigenvalue weighted by Gasteiger charge is -2.25. The van der Waals surface area contributed by atoms with Gasteiger partial charge >= 0.3 is 0 Å². The molecular weight excluding hydrogens is 178 g/mol. The van der Waals surface area contributed by atoms with E-state index in [9.17, 15) is 9.90 Å². The number of rotatable bonds is 1. The molecule has 3 nitrogen and oxygen atoms in total. The summed E-state index contributed by atoms with van der Waals surface area (Å²) in [5.74, 6) is 0.139. The number of hydrogen-bond donors (Lipinski definition) is 1. The van der Waals surface area contributed by atoms with Crippen molar-refractivity contribution in [1.82, 2.24) is 4.90 Å². The Kier molecular flexibility index (Phi) is 2.30. The van der Waals surface area contributed by atoms with E-state index in [4.69, 9.17) is 0 Å². The number of nitrogens with zero attached hydrogens (tertiary/aromatic N) is 1. The Labute approximate surface area is 85.1 Å². The van der Waals surface area contributed by atoms with Gasteiger partial charge in [-0.1, -0.05) is 13.8 Å². The van der Waals surface area contributed by atoms with Crippen LogP contribution in [0.2, 0.25) is 0 Å². The molecule has 0 radical (unpaired) electrons. The predicted octanol–water partition coefficient (Wildman–Crippen LogP) is 1.16. The highest BCUT2D eigenvalue weighted by atomic mass is 16.3. The minimum Gasteiger partial charge on any atom is -0.391 e. The van der Waals surface area contributed by atoms with Gasteiger partial charge in [-0.25, -0.2) is 0 Å². The largest absolute Gasteiger partial charge is 0.391 e. The van der Waals surface area contributed by atoms with Crippen molar-refractivity contribution in [3.8, 4) is 0 Å². The number of carbonyl (C=O) groups excluding carboxylic acids is 1. The van der Waals surface area contributed by atoms with Crippen LogP contribution in [0.3, 0.4) is 0 Å². The fourth-order valence-corrected chi connectivity index (χ4v) is 2.73. The number of likely N-dealkylation sites (tertiary alicyclic amines) is 1. The van der Waals surface area contributed by atoms with Gasteiger partial charge in [0.15, 0.2) is 0 Å². The maximum atomic E-state index is 11.5. The van der Waals surface area contributed by atoms with Crippen molar-refractivity contribution >= 4 is 5.91 Å². The molecular formula is C11H19NO2. The quantitative estimate of drug-likeness (QED) is 0.685. The van der Waals surface area contributed by atoms with Gasteiger partial charge in [0.2, 0.25) is 5.91 Å². The molecule has 3 heteroatoms. The SMILES string of the molecule is CC1(C)CCC(N2CC(O)CC2=O)C1. The highest BCUT2D eigenvalue weighted by Crippen LogP contribution is 2.40. The third kappa shape index (κ3) is 1.78. The summed E-state index contributed by atoms with van der Waals surface area (Å²) in [6.45, 7) is 5.06. The first-order chi connectivity index (χ1) is 6.48. The topological polar surface area (TPSA) is 40.5 Å². The van der Waals surface area contributed by atoms with Crippen LogP contribution in [0.15, 0.2) is 0 Å². The molecule has 1 heterocycles. The van der Waals surface area contributed by atoms with Gasteiger partial charge in [-0.2, -0.15) is 0 Å². The molecule has 0 aromatic carbocycles. The smallest absolute Gasteiger partial charge is 0.225 e. The van der Waals surface area contributed by atoms with Crippen molar-refractivity contribution < 1.29 is 9.90 Å². The second-order valence-corrected chi connectivity index (χ2v) is 5.46. The molecule has 14 heavy (non-hydrogen) atoms. The van der Waals surface area contributed by atoms with E-state index in [1.807, 2.05) is 4.90 Å². The molecule has 2 unspecified atom stereocenters. The highest BCUT2D eigenvalue weighted by molar-refractivity contribution is 5.79. The number of amides is 1. The molecule has 2 rings (SSSR count). The van der Waals surface area contributed by atoms with Crippen LogP contribution in [0, 0.1) is 5.41 Å². The Balaban J connectivity index is 2.00. The Morgan fingerprint density at radius 2 is 2.21 bits per heavy atom. The second-order valence-electron chi connectivity index (χ2n) is 5.46. The van der Waals surface area contributed by atoms with Crippen LogP contribution in [-0.4, -0.2) is 34.6 Å². The van der Waals surface area contributed by atoms with Crippen LogP contribution in [0.25, 0.3) is 0 Å². The fraction of sp³-hybridized carbons (Fsp3) is 0.909. The van der Waals surface area contributed by atoms with Crippen molar-refractivity contribution in [3.05, 3.63) is 0 Å². The Morgan fingerprint density at radius 1 is 1.50 bits per heavy atom. The third-order valence-corrected chi connectivity index (χ3v) is 3.52. The zero-order chi connectivity index (χ0) is 10.3. The normalized spacial score (nSPS) is 36.8. The van der Waals surface area contributed by atoms with E-state index in [1.165, 1.54) is 6.42 Å². The van der Waals surface area contributed by atoms with Crippen molar-refractivity contribution in [2.75, 3.05) is 6.54 Å². The highest BCUT2D eigenvalue weighted by Gasteiger charge is 2.39. The lowest BCUT2D eigenvalue weighted by Crippen LogP contribution is -2.35. The summed E-state index contributed by atoms with van der Waals surface area (Å²) in [7, 11) is 0. The summed E-state index contributed by atoms with van der Waals surface area (Å²) in [4.78, 5) is 13.4. The van der Waals surface area contributed by atoms with E-state index in [2.05, 4.69) is 13.8 Å². The first-order valence-electron chi connectivity index (χ1n) is 5.45. The molecule has 2 fully saturated rings. The van der Waals surface area contributed by atoms with E-state index < -0.39 is 6.10 Å². The van der Waals surface area contributed by atoms with E-state index in [0.29, 0.717) is 24.4 Å². The van der Waals surface area contributed by atoms with E-state index in [-0.39, 0.29) is 5.91 Å². The van der Waals surface area contributed by atoms with Crippen LogP contribution >= 0.6 is 0 Å². The number of hydrogen-bond acceptors (Lipinski definition) is 2. The number of aliphatic hydroxyl groups is 1. The molecule has 1 saturated carbocycles. The molecule has 1 aliphatic carbocycles. The Hall–Kier alpha value is -0.570. The lowest BCUT2D eigenvalue weighted by molar-refractivity contribution is -0.129. The van der Waals surface area contributed by atoms with Crippen molar-refractivity contribution in [2.45, 2.75) is 51.7 Å². The molecule has 2 atom stereocenters. The molecule has 1 N–H and O–H groups in total. The summed E-state index contributed by atoms with van der Waals surface area (Å²) in [6.07, 6.45) is 3.29. The van der Waals surface area contributed by atoms with Crippen LogP contribution in [0.4, 0.5) is 0 Å². The zero-order valence-corrected chi connectivity index (χ0v) is 8.99. The molecule has 0 bridgehead atoms. The molecule has 2 aliphatic rings. The van der Waals surface area contributed by atoms with Crippen molar-refractivity contribution in [1.29, 1.82) is 0 Å². The Morgan fingerprint density at radius 3 is 2.64 bits per heavy atom. The maximum absolute atomic E-state index is 11.5. The summed E-state index contributed by atoms with van der Waals surface area (Å²) >= 11 is 0.